The number of halogens is 4. The monoisotopic (exact) mass is 544 g/mol. The van der Waals surface area contributed by atoms with Crippen molar-refractivity contribution >= 4 is 33.3 Å². The highest BCUT2D eigenvalue weighted by Gasteiger charge is 2.40. The zero-order chi connectivity index (χ0) is 26.1. The van der Waals surface area contributed by atoms with Crippen LogP contribution in [0, 0.1) is 0 Å². The van der Waals surface area contributed by atoms with E-state index in [0.29, 0.717) is 62.0 Å². The van der Waals surface area contributed by atoms with Gasteiger partial charge in [0.25, 0.3) is 0 Å². The smallest absolute Gasteiger partial charge is 0.322 e. The molecular formula is C24H28ClF3N4O3S. The summed E-state index contributed by atoms with van der Waals surface area (Å²) in [4.78, 5) is 18.7. The van der Waals surface area contributed by atoms with Crippen LogP contribution in [0.5, 0.6) is 0 Å². The van der Waals surface area contributed by atoms with Crippen molar-refractivity contribution in [2.24, 2.45) is 0 Å². The average molecular weight is 545 g/mol. The van der Waals surface area contributed by atoms with E-state index in [9.17, 15) is 26.4 Å². The molecule has 2 saturated heterocycles. The Kier molecular flexibility index (Phi) is 7.84. The average Bonchev–Trinajstić information content (AvgIpc) is 3.15. The number of hydrogen-bond donors (Lipinski definition) is 0. The molecule has 2 aliphatic heterocycles. The summed E-state index contributed by atoms with van der Waals surface area (Å²) in [6, 6.07) is 10.9. The van der Waals surface area contributed by atoms with Gasteiger partial charge >= 0.3 is 12.2 Å². The Morgan fingerprint density at radius 2 is 1.67 bits per heavy atom. The van der Waals surface area contributed by atoms with Crippen LogP contribution in [-0.2, 0) is 16.2 Å². The van der Waals surface area contributed by atoms with Gasteiger partial charge in [-0.1, -0.05) is 23.7 Å². The second-order valence-corrected chi connectivity index (χ2v) is 11.5. The third-order valence-corrected chi connectivity index (χ3v) is 8.14. The van der Waals surface area contributed by atoms with Crippen molar-refractivity contribution in [2.75, 3.05) is 57.0 Å². The molecule has 7 nitrogen and oxygen atoms in total. The van der Waals surface area contributed by atoms with E-state index >= 15 is 0 Å². The minimum atomic E-state index is -4.48. The molecule has 0 spiro atoms. The van der Waals surface area contributed by atoms with Crippen LogP contribution in [0.25, 0.3) is 0 Å². The summed E-state index contributed by atoms with van der Waals surface area (Å²) in [5.74, 6) is 0. The zero-order valence-corrected chi connectivity index (χ0v) is 21.4. The number of alkyl halides is 3. The lowest BCUT2D eigenvalue weighted by molar-refractivity contribution is -0.137. The highest BCUT2D eigenvalue weighted by molar-refractivity contribution is 7.88. The van der Waals surface area contributed by atoms with Crippen molar-refractivity contribution in [1.82, 2.24) is 14.1 Å². The summed E-state index contributed by atoms with van der Waals surface area (Å²) < 4.78 is 64.9. The second kappa shape index (κ2) is 10.6. The van der Waals surface area contributed by atoms with Crippen LogP contribution in [0.2, 0.25) is 5.02 Å². The lowest BCUT2D eigenvalue weighted by atomic mass is 10.0. The zero-order valence-electron chi connectivity index (χ0n) is 19.8. The van der Waals surface area contributed by atoms with Crippen LogP contribution in [0.15, 0.2) is 48.5 Å². The van der Waals surface area contributed by atoms with Crippen LogP contribution in [0.4, 0.5) is 23.7 Å². The summed E-state index contributed by atoms with van der Waals surface area (Å²) in [7, 11) is -3.20. The predicted octanol–water partition coefficient (Wildman–Crippen LogP) is 4.31. The molecule has 0 aliphatic carbocycles. The van der Waals surface area contributed by atoms with Gasteiger partial charge in [0.15, 0.2) is 0 Å². The molecule has 2 aromatic rings. The maximum Gasteiger partial charge on any atom is 0.416 e. The van der Waals surface area contributed by atoms with E-state index in [1.807, 2.05) is 0 Å². The molecule has 0 aromatic heterocycles. The van der Waals surface area contributed by atoms with Crippen molar-refractivity contribution in [3.63, 3.8) is 0 Å². The molecule has 36 heavy (non-hydrogen) atoms. The Hall–Kier alpha value is -2.34. The van der Waals surface area contributed by atoms with Gasteiger partial charge in [-0.25, -0.2) is 13.2 Å². The Morgan fingerprint density at radius 1 is 1.00 bits per heavy atom. The molecule has 1 atom stereocenters. The molecule has 0 saturated carbocycles. The molecule has 2 heterocycles. The van der Waals surface area contributed by atoms with Crippen molar-refractivity contribution in [2.45, 2.75) is 18.6 Å². The number of rotatable bonds is 7. The Labute approximate surface area is 214 Å². The predicted molar refractivity (Wildman–Crippen MR) is 133 cm³/mol. The summed E-state index contributed by atoms with van der Waals surface area (Å²) in [5, 5.41) is 0.494. The van der Waals surface area contributed by atoms with Crippen LogP contribution < -0.4 is 4.90 Å². The number of carbonyl (C=O) groups excluding carboxylic acids is 1. The quantitative estimate of drug-likeness (QED) is 0.521. The van der Waals surface area contributed by atoms with Gasteiger partial charge in [0.1, 0.15) is 0 Å². The number of anilines is 1. The molecule has 1 unspecified atom stereocenters. The van der Waals surface area contributed by atoms with E-state index in [1.54, 1.807) is 35.2 Å². The fourth-order valence-corrected chi connectivity index (χ4v) is 5.63. The maximum atomic E-state index is 13.4. The summed E-state index contributed by atoms with van der Waals surface area (Å²) in [6.07, 6.45) is -2.62. The number of nitrogens with zero attached hydrogens (tertiary/aromatic N) is 4. The summed E-state index contributed by atoms with van der Waals surface area (Å²) >= 11 is 6.00. The fraction of sp³-hybridized carbons (Fsp3) is 0.458. The largest absolute Gasteiger partial charge is 0.416 e. The minimum absolute atomic E-state index is 0.255. The molecule has 0 bridgehead atoms. The first-order valence-corrected chi connectivity index (χ1v) is 13.8. The summed E-state index contributed by atoms with van der Waals surface area (Å²) in [5.41, 5.74) is 0.217. The maximum absolute atomic E-state index is 13.4. The number of piperazine rings is 1. The van der Waals surface area contributed by atoms with Crippen molar-refractivity contribution in [3.8, 4) is 0 Å². The van der Waals surface area contributed by atoms with Crippen molar-refractivity contribution < 1.29 is 26.4 Å². The first-order chi connectivity index (χ1) is 16.9. The Bertz CT molecular complexity index is 1190. The molecule has 2 aromatic carbocycles. The van der Waals surface area contributed by atoms with Gasteiger partial charge in [-0.3, -0.25) is 4.90 Å². The van der Waals surface area contributed by atoms with Gasteiger partial charge < -0.3 is 9.80 Å². The number of hydrogen-bond acceptors (Lipinski definition) is 4. The normalized spacial score (nSPS) is 20.4. The van der Waals surface area contributed by atoms with Crippen molar-refractivity contribution in [3.05, 3.63) is 64.7 Å². The molecule has 0 radical (unpaired) electrons. The van der Waals surface area contributed by atoms with Gasteiger partial charge in [-0.2, -0.15) is 17.5 Å². The number of urea groups is 1. The van der Waals surface area contributed by atoms with Crippen LogP contribution in [0.1, 0.15) is 23.6 Å². The van der Waals surface area contributed by atoms with Gasteiger partial charge in [0.05, 0.1) is 17.9 Å². The summed E-state index contributed by atoms with van der Waals surface area (Å²) in [6.45, 7) is 3.48. The van der Waals surface area contributed by atoms with Crippen molar-refractivity contribution in [1.29, 1.82) is 0 Å². The molecule has 196 valence electrons. The Balaban J connectivity index is 1.47. The van der Waals surface area contributed by atoms with Crippen LogP contribution >= 0.6 is 11.6 Å². The topological polar surface area (TPSA) is 64.2 Å². The number of benzene rings is 2. The molecule has 4 rings (SSSR count). The SMILES string of the molecule is CS(=O)(=O)N1CCN(CCCN2CC(c3cccc(C(F)(F)F)c3)N(c3ccc(Cl)cc3)C2=O)CC1. The van der Waals surface area contributed by atoms with E-state index in [4.69, 9.17) is 11.6 Å². The Morgan fingerprint density at radius 3 is 2.28 bits per heavy atom. The minimum Gasteiger partial charge on any atom is -0.322 e. The van der Waals surface area contributed by atoms with Gasteiger partial charge in [0.2, 0.25) is 10.0 Å². The lowest BCUT2D eigenvalue weighted by Crippen LogP contribution is -2.48. The molecule has 0 N–H and O–H groups in total. The first kappa shape index (κ1) is 26.7. The second-order valence-electron chi connectivity index (χ2n) is 9.07. The molecule has 2 aliphatic rings. The van der Waals surface area contributed by atoms with Gasteiger partial charge in [-0.15, -0.1) is 0 Å². The molecular weight excluding hydrogens is 517 g/mol. The van der Waals surface area contributed by atoms with Crippen LogP contribution in [0.3, 0.4) is 0 Å². The molecule has 2 amide bonds. The highest BCUT2D eigenvalue weighted by Crippen LogP contribution is 2.37. The fourth-order valence-electron chi connectivity index (χ4n) is 4.68. The van der Waals surface area contributed by atoms with E-state index in [-0.39, 0.29) is 12.6 Å². The lowest BCUT2D eigenvalue weighted by Gasteiger charge is -2.33. The third kappa shape index (κ3) is 6.13. The van der Waals surface area contributed by atoms with E-state index in [1.165, 1.54) is 21.5 Å². The van der Waals surface area contributed by atoms with E-state index in [2.05, 4.69) is 4.90 Å². The third-order valence-electron chi connectivity index (χ3n) is 6.59. The number of amides is 2. The van der Waals surface area contributed by atoms with E-state index in [0.717, 1.165) is 12.1 Å². The molecule has 2 fully saturated rings. The number of carbonyl (C=O) groups is 1. The highest BCUT2D eigenvalue weighted by atomic mass is 35.5. The van der Waals surface area contributed by atoms with Crippen LogP contribution in [-0.4, -0.2) is 80.6 Å². The number of sulfonamides is 1. The van der Waals surface area contributed by atoms with Gasteiger partial charge in [-0.05, 0) is 54.9 Å². The van der Waals surface area contributed by atoms with Gasteiger partial charge in [0, 0.05) is 50.0 Å². The first-order valence-electron chi connectivity index (χ1n) is 11.6. The standard InChI is InChI=1S/C24H28ClF3N4O3S/c1-36(34,35)31-14-12-29(13-15-31)10-3-11-30-17-22(18-4-2-5-19(16-18)24(26,27)28)32(23(30)33)21-8-6-20(25)7-9-21/h2,4-9,16,22H,3,10-15,17H2,1H3. The molecule has 12 heteroatoms. The van der Waals surface area contributed by atoms with E-state index < -0.39 is 27.8 Å².